The summed E-state index contributed by atoms with van der Waals surface area (Å²) in [5.74, 6) is 4.28. The molecule has 3 aliphatic rings. The lowest BCUT2D eigenvalue weighted by Gasteiger charge is -2.45. The average molecular weight is 417 g/mol. The molecular weight excluding hydrogens is 374 g/mol. The molecule has 1 aromatic rings. The maximum absolute atomic E-state index is 14.6. The van der Waals surface area contributed by atoms with Crippen molar-refractivity contribution in [3.8, 4) is 0 Å². The van der Waals surface area contributed by atoms with Crippen molar-refractivity contribution in [3.63, 3.8) is 0 Å². The smallest absolute Gasteiger partial charge is 0.129 e. The van der Waals surface area contributed by atoms with Crippen molar-refractivity contribution in [2.45, 2.75) is 110 Å². The zero-order valence-electron chi connectivity index (χ0n) is 19.3. The van der Waals surface area contributed by atoms with Gasteiger partial charge in [-0.3, -0.25) is 0 Å². The molecule has 3 saturated carbocycles. The minimum absolute atomic E-state index is 0.299. The van der Waals surface area contributed by atoms with E-state index >= 15 is 0 Å². The van der Waals surface area contributed by atoms with Gasteiger partial charge in [-0.2, -0.15) is 0 Å². The number of benzene rings is 1. The zero-order valence-corrected chi connectivity index (χ0v) is 19.3. The monoisotopic (exact) mass is 416 g/mol. The highest BCUT2D eigenvalue weighted by Gasteiger charge is 2.39. The molecule has 0 radical (unpaired) electrons. The predicted molar refractivity (Wildman–Crippen MR) is 122 cm³/mol. The molecule has 0 aliphatic heterocycles. The van der Waals surface area contributed by atoms with Gasteiger partial charge < -0.3 is 0 Å². The van der Waals surface area contributed by atoms with E-state index in [9.17, 15) is 8.78 Å². The van der Waals surface area contributed by atoms with E-state index in [1.165, 1.54) is 57.8 Å². The Morgan fingerprint density at radius 3 is 1.93 bits per heavy atom. The van der Waals surface area contributed by atoms with E-state index < -0.39 is 0 Å². The Morgan fingerprint density at radius 2 is 1.30 bits per heavy atom. The van der Waals surface area contributed by atoms with Crippen LogP contribution in [-0.4, -0.2) is 0 Å². The lowest BCUT2D eigenvalue weighted by molar-refractivity contribution is 0.0716. The van der Waals surface area contributed by atoms with Crippen molar-refractivity contribution >= 4 is 0 Å². The van der Waals surface area contributed by atoms with Crippen LogP contribution in [0.25, 0.3) is 0 Å². The van der Waals surface area contributed by atoms with Crippen LogP contribution in [0, 0.1) is 41.2 Å². The van der Waals surface area contributed by atoms with Crippen LogP contribution in [0.1, 0.15) is 114 Å². The molecule has 4 rings (SSSR count). The summed E-state index contributed by atoms with van der Waals surface area (Å²) < 4.78 is 29.2. The molecule has 4 atom stereocenters. The van der Waals surface area contributed by atoms with Gasteiger partial charge in [0, 0.05) is 5.56 Å². The van der Waals surface area contributed by atoms with Crippen molar-refractivity contribution in [3.05, 3.63) is 34.9 Å². The summed E-state index contributed by atoms with van der Waals surface area (Å²) in [5.41, 5.74) is 1.22. The van der Waals surface area contributed by atoms with Gasteiger partial charge in [0.1, 0.15) is 11.6 Å². The maximum atomic E-state index is 14.6. The number of hydrogen-bond acceptors (Lipinski definition) is 0. The molecule has 4 unspecified atom stereocenters. The molecule has 3 aliphatic carbocycles. The quantitative estimate of drug-likeness (QED) is 0.434. The molecule has 0 bridgehead atoms. The lowest BCUT2D eigenvalue weighted by atomic mass is 9.60. The first kappa shape index (κ1) is 22.3. The van der Waals surface area contributed by atoms with Crippen LogP contribution in [0.15, 0.2) is 12.1 Å². The van der Waals surface area contributed by atoms with Gasteiger partial charge >= 0.3 is 0 Å². The van der Waals surface area contributed by atoms with Crippen molar-refractivity contribution in [2.24, 2.45) is 29.6 Å². The summed E-state index contributed by atoms with van der Waals surface area (Å²) in [4.78, 5) is 0. The molecule has 0 heterocycles. The lowest BCUT2D eigenvalue weighted by Crippen LogP contribution is -2.34. The molecule has 0 nitrogen and oxygen atoms in total. The molecule has 0 saturated heterocycles. The fourth-order valence-electron chi connectivity index (χ4n) is 7.17. The summed E-state index contributed by atoms with van der Waals surface area (Å²) in [5, 5.41) is 0. The molecule has 0 N–H and O–H groups in total. The molecule has 2 heteroatoms. The van der Waals surface area contributed by atoms with Crippen LogP contribution in [0.2, 0.25) is 0 Å². The minimum Gasteiger partial charge on any atom is -0.207 e. The van der Waals surface area contributed by atoms with Gasteiger partial charge in [-0.05, 0) is 117 Å². The van der Waals surface area contributed by atoms with E-state index in [1.54, 1.807) is 12.1 Å². The Balaban J connectivity index is 1.34. The Morgan fingerprint density at radius 1 is 0.733 bits per heavy atom. The van der Waals surface area contributed by atoms with Crippen molar-refractivity contribution in [1.29, 1.82) is 0 Å². The summed E-state index contributed by atoms with van der Waals surface area (Å²) in [6.45, 7) is 4.42. The topological polar surface area (TPSA) is 0 Å². The Bertz CT molecular complexity index is 665. The number of unbranched alkanes of at least 4 members (excludes halogenated alkanes) is 1. The first-order valence-electron chi connectivity index (χ1n) is 13.1. The molecular formula is C28H42F2. The van der Waals surface area contributed by atoms with Gasteiger partial charge in [0.25, 0.3) is 0 Å². The minimum atomic E-state index is -0.313. The maximum Gasteiger partial charge on any atom is 0.129 e. The van der Waals surface area contributed by atoms with Gasteiger partial charge in [-0.15, -0.1) is 0 Å². The van der Waals surface area contributed by atoms with Gasteiger partial charge in [-0.1, -0.05) is 39.5 Å². The molecule has 168 valence electrons. The molecule has 3 fully saturated rings. The highest BCUT2D eigenvalue weighted by molar-refractivity contribution is 5.29. The fraction of sp³-hybridized carbons (Fsp3) is 0.786. The Labute approximate surface area is 183 Å². The first-order chi connectivity index (χ1) is 14.6. The number of hydrogen-bond donors (Lipinski definition) is 0. The van der Waals surface area contributed by atoms with Crippen LogP contribution >= 0.6 is 0 Å². The third-order valence-electron chi connectivity index (χ3n) is 9.20. The van der Waals surface area contributed by atoms with E-state index in [-0.39, 0.29) is 11.6 Å². The van der Waals surface area contributed by atoms with Gasteiger partial charge in [0.05, 0.1) is 0 Å². The summed E-state index contributed by atoms with van der Waals surface area (Å²) in [6, 6.07) is 3.33. The second-order valence-electron chi connectivity index (χ2n) is 10.9. The van der Waals surface area contributed by atoms with Gasteiger partial charge in [-0.25, -0.2) is 8.78 Å². The SMILES string of the molecule is CCCCc1c(F)cc(C2CCC3CC(C4CCC(CC)CC4)CCC3C2)cc1F. The Kier molecular flexibility index (Phi) is 7.53. The molecule has 0 amide bonds. The average Bonchev–Trinajstić information content (AvgIpc) is 2.78. The van der Waals surface area contributed by atoms with Crippen molar-refractivity contribution in [1.82, 2.24) is 0 Å². The van der Waals surface area contributed by atoms with E-state index in [0.717, 1.165) is 60.8 Å². The van der Waals surface area contributed by atoms with Crippen LogP contribution in [0.4, 0.5) is 8.78 Å². The summed E-state index contributed by atoms with van der Waals surface area (Å²) in [6.07, 6.45) is 17.2. The standard InChI is InChI=1S/C28H42F2/c1-3-5-6-26-27(29)17-25(18-28(26)30)24-14-13-22-15-21(11-12-23(22)16-24)20-9-7-19(4-2)8-10-20/h17-24H,3-16H2,1-2H3. The second-order valence-corrected chi connectivity index (χ2v) is 10.9. The van der Waals surface area contributed by atoms with Crippen LogP contribution in [0.3, 0.4) is 0 Å². The van der Waals surface area contributed by atoms with Crippen molar-refractivity contribution < 1.29 is 8.78 Å². The third-order valence-corrected chi connectivity index (χ3v) is 9.20. The van der Waals surface area contributed by atoms with E-state index in [1.807, 2.05) is 0 Å². The summed E-state index contributed by atoms with van der Waals surface area (Å²) in [7, 11) is 0. The number of halogens is 2. The molecule has 0 spiro atoms. The van der Waals surface area contributed by atoms with Crippen LogP contribution in [-0.2, 0) is 6.42 Å². The highest BCUT2D eigenvalue weighted by Crippen LogP contribution is 2.51. The van der Waals surface area contributed by atoms with Gasteiger partial charge in [0.15, 0.2) is 0 Å². The molecule has 30 heavy (non-hydrogen) atoms. The fourth-order valence-corrected chi connectivity index (χ4v) is 7.17. The van der Waals surface area contributed by atoms with E-state index in [2.05, 4.69) is 13.8 Å². The molecule has 1 aromatic carbocycles. The van der Waals surface area contributed by atoms with Crippen molar-refractivity contribution in [2.75, 3.05) is 0 Å². The zero-order chi connectivity index (χ0) is 21.1. The van der Waals surface area contributed by atoms with Crippen LogP contribution < -0.4 is 0 Å². The van der Waals surface area contributed by atoms with Crippen LogP contribution in [0.5, 0.6) is 0 Å². The normalized spacial score (nSPS) is 34.5. The van der Waals surface area contributed by atoms with E-state index in [4.69, 9.17) is 0 Å². The summed E-state index contributed by atoms with van der Waals surface area (Å²) >= 11 is 0. The third kappa shape index (κ3) is 4.94. The highest BCUT2D eigenvalue weighted by atomic mass is 19.1. The second kappa shape index (κ2) is 10.1. The number of rotatable bonds is 6. The Hall–Kier alpha value is -0.920. The predicted octanol–water partition coefficient (Wildman–Crippen LogP) is 8.82. The van der Waals surface area contributed by atoms with Gasteiger partial charge in [0.2, 0.25) is 0 Å². The van der Waals surface area contributed by atoms with E-state index in [0.29, 0.717) is 17.9 Å². The largest absolute Gasteiger partial charge is 0.207 e. The number of fused-ring (bicyclic) bond motifs is 1. The first-order valence-corrected chi connectivity index (χ1v) is 13.1. The molecule has 0 aromatic heterocycles.